The minimum atomic E-state index is -0.409. The summed E-state index contributed by atoms with van der Waals surface area (Å²) in [6, 6.07) is 11.1. The molecule has 130 valence electrons. The molecule has 1 N–H and O–H groups in total. The van der Waals surface area contributed by atoms with Gasteiger partial charge < -0.3 is 10.2 Å². The van der Waals surface area contributed by atoms with Crippen molar-refractivity contribution in [2.24, 2.45) is 5.92 Å². The summed E-state index contributed by atoms with van der Waals surface area (Å²) in [5.41, 5.74) is 2.02. The molecule has 2 aromatic carbocycles. The summed E-state index contributed by atoms with van der Waals surface area (Å²) in [6.07, 6.45) is 0.733. The van der Waals surface area contributed by atoms with E-state index in [9.17, 15) is 14.0 Å². The lowest BCUT2D eigenvalue weighted by molar-refractivity contribution is -0.124. The van der Waals surface area contributed by atoms with Gasteiger partial charge in [0.1, 0.15) is 5.82 Å². The number of piperidine rings is 1. The van der Waals surface area contributed by atoms with Gasteiger partial charge in [0.15, 0.2) is 0 Å². The second-order valence-electron chi connectivity index (χ2n) is 6.17. The first-order valence-corrected chi connectivity index (χ1v) is 8.45. The highest BCUT2D eigenvalue weighted by molar-refractivity contribution is 6.31. The monoisotopic (exact) mass is 360 g/mol. The predicted octanol–water partition coefficient (Wildman–Crippen LogP) is 4.17. The van der Waals surface area contributed by atoms with Crippen LogP contribution in [0.3, 0.4) is 0 Å². The van der Waals surface area contributed by atoms with E-state index in [2.05, 4.69) is 5.32 Å². The lowest BCUT2D eigenvalue weighted by atomic mass is 9.96. The van der Waals surface area contributed by atoms with Crippen molar-refractivity contribution in [3.63, 3.8) is 0 Å². The van der Waals surface area contributed by atoms with Gasteiger partial charge in [-0.1, -0.05) is 17.7 Å². The third kappa shape index (κ3) is 3.99. The first-order valence-electron chi connectivity index (χ1n) is 8.07. The van der Waals surface area contributed by atoms with Crippen LogP contribution in [0, 0.1) is 18.7 Å². The minimum Gasteiger partial charge on any atom is -0.326 e. The molecule has 25 heavy (non-hydrogen) atoms. The lowest BCUT2D eigenvalue weighted by Crippen LogP contribution is -2.44. The fraction of sp³-hybridized carbons (Fsp3) is 0.263. The standard InChI is InChI=1S/C19H18ClFN2O2/c1-12-9-15(6-7-17(12)20)22-19(25)13-5-8-18(24)23(11-13)16-4-2-3-14(21)10-16/h2-4,6-7,9-10,13H,5,8,11H2,1H3,(H,22,25). The molecule has 0 aromatic heterocycles. The average Bonchev–Trinajstić information content (AvgIpc) is 2.58. The summed E-state index contributed by atoms with van der Waals surface area (Å²) >= 11 is 5.99. The van der Waals surface area contributed by atoms with Crippen LogP contribution in [0.1, 0.15) is 18.4 Å². The number of anilines is 2. The van der Waals surface area contributed by atoms with Crippen LogP contribution in [0.4, 0.5) is 15.8 Å². The number of amides is 2. The van der Waals surface area contributed by atoms with Crippen molar-refractivity contribution in [1.29, 1.82) is 0 Å². The van der Waals surface area contributed by atoms with Crippen molar-refractivity contribution >= 4 is 34.8 Å². The fourth-order valence-electron chi connectivity index (χ4n) is 2.92. The Labute approximate surface area is 150 Å². The minimum absolute atomic E-state index is 0.100. The number of carbonyl (C=O) groups excluding carboxylic acids is 2. The Bertz CT molecular complexity index is 825. The molecule has 1 atom stereocenters. The first kappa shape index (κ1) is 17.4. The third-order valence-electron chi connectivity index (χ3n) is 4.33. The summed E-state index contributed by atoms with van der Waals surface area (Å²) < 4.78 is 13.4. The van der Waals surface area contributed by atoms with Crippen molar-refractivity contribution in [2.45, 2.75) is 19.8 Å². The van der Waals surface area contributed by atoms with Crippen LogP contribution < -0.4 is 10.2 Å². The Kier molecular flexibility index (Phi) is 5.04. The van der Waals surface area contributed by atoms with E-state index < -0.39 is 5.82 Å². The van der Waals surface area contributed by atoms with E-state index in [0.717, 1.165) is 5.56 Å². The molecule has 0 spiro atoms. The number of nitrogens with one attached hydrogen (secondary N) is 1. The Morgan fingerprint density at radius 2 is 2.08 bits per heavy atom. The highest BCUT2D eigenvalue weighted by Crippen LogP contribution is 2.26. The predicted molar refractivity (Wildman–Crippen MR) is 96.3 cm³/mol. The van der Waals surface area contributed by atoms with Crippen LogP contribution in [0.25, 0.3) is 0 Å². The summed E-state index contributed by atoms with van der Waals surface area (Å²) in [5.74, 6) is -1.02. The smallest absolute Gasteiger partial charge is 0.229 e. The van der Waals surface area contributed by atoms with Gasteiger partial charge >= 0.3 is 0 Å². The molecule has 1 heterocycles. The molecule has 1 fully saturated rings. The molecule has 1 unspecified atom stereocenters. The molecule has 0 radical (unpaired) electrons. The SMILES string of the molecule is Cc1cc(NC(=O)C2CCC(=O)N(c3cccc(F)c3)C2)ccc1Cl. The van der Waals surface area contributed by atoms with Crippen LogP contribution in [-0.2, 0) is 9.59 Å². The van der Waals surface area contributed by atoms with Gasteiger partial charge in [0.2, 0.25) is 11.8 Å². The highest BCUT2D eigenvalue weighted by Gasteiger charge is 2.31. The van der Waals surface area contributed by atoms with Gasteiger partial charge in [-0.05, 0) is 55.3 Å². The summed E-state index contributed by atoms with van der Waals surface area (Å²) in [7, 11) is 0. The molecule has 4 nitrogen and oxygen atoms in total. The quantitative estimate of drug-likeness (QED) is 0.893. The number of rotatable bonds is 3. The first-order chi connectivity index (χ1) is 11.9. The van der Waals surface area contributed by atoms with E-state index in [1.165, 1.54) is 17.0 Å². The summed E-state index contributed by atoms with van der Waals surface area (Å²) in [5, 5.41) is 3.51. The van der Waals surface area contributed by atoms with E-state index >= 15 is 0 Å². The third-order valence-corrected chi connectivity index (χ3v) is 4.75. The maximum Gasteiger partial charge on any atom is 0.229 e. The van der Waals surface area contributed by atoms with Crippen molar-refractivity contribution in [3.05, 3.63) is 58.9 Å². The van der Waals surface area contributed by atoms with E-state index in [1.54, 1.807) is 30.3 Å². The van der Waals surface area contributed by atoms with E-state index in [4.69, 9.17) is 11.6 Å². The fourth-order valence-corrected chi connectivity index (χ4v) is 3.04. The Hall–Kier alpha value is -2.40. The van der Waals surface area contributed by atoms with Gasteiger partial charge in [-0.2, -0.15) is 0 Å². The van der Waals surface area contributed by atoms with Gasteiger partial charge in [0.25, 0.3) is 0 Å². The Morgan fingerprint density at radius 3 is 2.80 bits per heavy atom. The second kappa shape index (κ2) is 7.23. The zero-order valence-corrected chi connectivity index (χ0v) is 14.5. The Morgan fingerprint density at radius 1 is 1.28 bits per heavy atom. The number of hydrogen-bond donors (Lipinski definition) is 1. The molecule has 0 bridgehead atoms. The molecule has 3 rings (SSSR count). The van der Waals surface area contributed by atoms with Crippen LogP contribution in [-0.4, -0.2) is 18.4 Å². The number of carbonyl (C=O) groups is 2. The van der Waals surface area contributed by atoms with Crippen molar-refractivity contribution < 1.29 is 14.0 Å². The van der Waals surface area contributed by atoms with Crippen LogP contribution >= 0.6 is 11.6 Å². The topological polar surface area (TPSA) is 49.4 Å². The molecular weight excluding hydrogens is 343 g/mol. The van der Waals surface area contributed by atoms with Crippen molar-refractivity contribution in [2.75, 3.05) is 16.8 Å². The zero-order valence-electron chi connectivity index (χ0n) is 13.8. The van der Waals surface area contributed by atoms with E-state index in [0.29, 0.717) is 22.8 Å². The maximum absolute atomic E-state index is 13.4. The molecule has 0 saturated carbocycles. The average molecular weight is 361 g/mol. The number of aryl methyl sites for hydroxylation is 1. The van der Waals surface area contributed by atoms with Crippen LogP contribution in [0.15, 0.2) is 42.5 Å². The van der Waals surface area contributed by atoms with Gasteiger partial charge in [0, 0.05) is 29.4 Å². The highest BCUT2D eigenvalue weighted by atomic mass is 35.5. The number of benzene rings is 2. The number of halogens is 2. The van der Waals surface area contributed by atoms with Gasteiger partial charge in [-0.3, -0.25) is 9.59 Å². The van der Waals surface area contributed by atoms with Crippen LogP contribution in [0.5, 0.6) is 0 Å². The maximum atomic E-state index is 13.4. The number of hydrogen-bond acceptors (Lipinski definition) is 2. The zero-order chi connectivity index (χ0) is 18.0. The largest absolute Gasteiger partial charge is 0.326 e. The van der Waals surface area contributed by atoms with Gasteiger partial charge in [-0.15, -0.1) is 0 Å². The molecule has 0 aliphatic carbocycles. The normalized spacial score (nSPS) is 17.5. The molecule has 6 heteroatoms. The molecule has 1 saturated heterocycles. The van der Waals surface area contributed by atoms with E-state index in [-0.39, 0.29) is 30.7 Å². The second-order valence-corrected chi connectivity index (χ2v) is 6.58. The van der Waals surface area contributed by atoms with Crippen molar-refractivity contribution in [3.8, 4) is 0 Å². The molecule has 2 aromatic rings. The van der Waals surface area contributed by atoms with Gasteiger partial charge in [0.05, 0.1) is 5.92 Å². The molecule has 2 amide bonds. The molecule has 1 aliphatic rings. The Balaban J connectivity index is 1.73. The van der Waals surface area contributed by atoms with Gasteiger partial charge in [-0.25, -0.2) is 4.39 Å². The molecular formula is C19H18ClFN2O2. The van der Waals surface area contributed by atoms with E-state index in [1.807, 2.05) is 6.92 Å². The number of nitrogens with zero attached hydrogens (tertiary/aromatic N) is 1. The lowest BCUT2D eigenvalue weighted by Gasteiger charge is -2.32. The summed E-state index contributed by atoms with van der Waals surface area (Å²) in [4.78, 5) is 26.2. The van der Waals surface area contributed by atoms with Crippen LogP contribution in [0.2, 0.25) is 5.02 Å². The summed E-state index contributed by atoms with van der Waals surface area (Å²) in [6.45, 7) is 2.10. The molecule has 1 aliphatic heterocycles. The van der Waals surface area contributed by atoms with Crippen molar-refractivity contribution in [1.82, 2.24) is 0 Å².